The van der Waals surface area contributed by atoms with E-state index in [0.717, 1.165) is 43.9 Å². The molecule has 0 saturated carbocycles. The second kappa shape index (κ2) is 8.39. The van der Waals surface area contributed by atoms with Crippen LogP contribution >= 0.6 is 0 Å². The molecule has 5 heterocycles. The SMILES string of the molecule is O=c1cnc2ccc(F)c3c2n1C(CN1CCC(NCc2cc4c(cn2)OCCO4)CC1)C3. The van der Waals surface area contributed by atoms with Crippen LogP contribution in [0.4, 0.5) is 4.39 Å². The van der Waals surface area contributed by atoms with Crippen molar-refractivity contribution >= 4 is 11.0 Å². The molecule has 172 valence electrons. The van der Waals surface area contributed by atoms with Gasteiger partial charge in [0.1, 0.15) is 19.0 Å². The van der Waals surface area contributed by atoms with Gasteiger partial charge in [0.2, 0.25) is 0 Å². The summed E-state index contributed by atoms with van der Waals surface area (Å²) in [7, 11) is 0. The normalized spacial score (nSPS) is 20.5. The van der Waals surface area contributed by atoms with E-state index in [0.29, 0.717) is 54.6 Å². The molecule has 0 bridgehead atoms. The summed E-state index contributed by atoms with van der Waals surface area (Å²) in [6.45, 7) is 4.42. The van der Waals surface area contributed by atoms with Crippen LogP contribution in [-0.2, 0) is 13.0 Å². The largest absolute Gasteiger partial charge is 0.486 e. The zero-order chi connectivity index (χ0) is 22.4. The molecule has 1 N–H and O–H groups in total. The lowest BCUT2D eigenvalue weighted by Crippen LogP contribution is -2.44. The van der Waals surface area contributed by atoms with E-state index in [2.05, 4.69) is 20.2 Å². The topological polar surface area (TPSA) is 81.5 Å². The molecule has 6 rings (SSSR count). The number of nitrogens with one attached hydrogen (secondary N) is 1. The van der Waals surface area contributed by atoms with Crippen molar-refractivity contribution in [1.29, 1.82) is 0 Å². The van der Waals surface area contributed by atoms with Gasteiger partial charge in [-0.25, -0.2) is 9.37 Å². The molecule has 1 unspecified atom stereocenters. The van der Waals surface area contributed by atoms with E-state index in [1.165, 1.54) is 12.3 Å². The molecule has 3 aliphatic heterocycles. The lowest BCUT2D eigenvalue weighted by molar-refractivity contribution is 0.169. The van der Waals surface area contributed by atoms with Crippen molar-refractivity contribution in [2.45, 2.75) is 37.9 Å². The lowest BCUT2D eigenvalue weighted by Gasteiger charge is -2.34. The van der Waals surface area contributed by atoms with Crippen LogP contribution < -0.4 is 20.3 Å². The average Bonchev–Trinajstić information content (AvgIpc) is 3.23. The molecule has 0 amide bonds. The standard InChI is InChI=1S/C24H26FN5O3/c25-19-1-2-20-24-18(19)10-17(30(24)23(31)13-28-20)14-29-5-3-15(4-6-29)26-11-16-9-21-22(12-27-16)33-8-7-32-21/h1-2,9,12-13,15,17,26H,3-8,10-11,14H2. The molecule has 0 spiro atoms. The smallest absolute Gasteiger partial charge is 0.269 e. The predicted octanol–water partition coefficient (Wildman–Crippen LogP) is 2.05. The number of ether oxygens (including phenoxy) is 2. The number of rotatable bonds is 5. The highest BCUT2D eigenvalue weighted by Crippen LogP contribution is 2.33. The second-order valence-corrected chi connectivity index (χ2v) is 8.99. The number of benzene rings is 1. The number of halogens is 1. The quantitative estimate of drug-likeness (QED) is 0.636. The Morgan fingerprint density at radius 1 is 1.09 bits per heavy atom. The summed E-state index contributed by atoms with van der Waals surface area (Å²) in [5.41, 5.74) is 2.75. The van der Waals surface area contributed by atoms with E-state index in [-0.39, 0.29) is 17.4 Å². The zero-order valence-corrected chi connectivity index (χ0v) is 18.3. The van der Waals surface area contributed by atoms with Crippen LogP contribution in [-0.4, -0.2) is 58.3 Å². The Kier molecular flexibility index (Phi) is 5.22. The highest BCUT2D eigenvalue weighted by molar-refractivity contribution is 5.80. The van der Waals surface area contributed by atoms with Gasteiger partial charge in [-0.15, -0.1) is 0 Å². The number of hydrogen-bond donors (Lipinski definition) is 1. The van der Waals surface area contributed by atoms with Gasteiger partial charge in [-0.1, -0.05) is 0 Å². The molecule has 2 aromatic heterocycles. The molecule has 1 aromatic carbocycles. The summed E-state index contributed by atoms with van der Waals surface area (Å²) in [4.78, 5) is 23.6. The van der Waals surface area contributed by atoms with Crippen molar-refractivity contribution in [2.24, 2.45) is 0 Å². The molecule has 9 heteroatoms. The van der Waals surface area contributed by atoms with E-state index in [4.69, 9.17) is 9.47 Å². The maximum atomic E-state index is 14.4. The summed E-state index contributed by atoms with van der Waals surface area (Å²) in [5.74, 6) is 1.22. The van der Waals surface area contributed by atoms with Gasteiger partial charge in [0.15, 0.2) is 11.5 Å². The summed E-state index contributed by atoms with van der Waals surface area (Å²) in [6, 6.07) is 5.40. The molecule has 33 heavy (non-hydrogen) atoms. The van der Waals surface area contributed by atoms with Gasteiger partial charge in [0.05, 0.1) is 35.2 Å². The van der Waals surface area contributed by atoms with Crippen molar-refractivity contribution in [3.63, 3.8) is 0 Å². The fraction of sp³-hybridized carbons (Fsp3) is 0.458. The summed E-state index contributed by atoms with van der Waals surface area (Å²) >= 11 is 0. The first-order valence-electron chi connectivity index (χ1n) is 11.5. The van der Waals surface area contributed by atoms with Crippen molar-refractivity contribution in [3.8, 4) is 11.5 Å². The van der Waals surface area contributed by atoms with Gasteiger partial charge in [-0.05, 0) is 44.5 Å². The van der Waals surface area contributed by atoms with E-state index >= 15 is 0 Å². The summed E-state index contributed by atoms with van der Waals surface area (Å²) in [5, 5.41) is 3.61. The van der Waals surface area contributed by atoms with Crippen molar-refractivity contribution in [3.05, 3.63) is 58.0 Å². The maximum absolute atomic E-state index is 14.4. The third kappa shape index (κ3) is 3.85. The minimum Gasteiger partial charge on any atom is -0.486 e. The predicted molar refractivity (Wildman–Crippen MR) is 120 cm³/mol. The Bertz CT molecular complexity index is 1250. The molecule has 0 aliphatic carbocycles. The van der Waals surface area contributed by atoms with E-state index in [1.54, 1.807) is 16.8 Å². The van der Waals surface area contributed by atoms with Crippen LogP contribution in [0, 0.1) is 5.82 Å². The highest BCUT2D eigenvalue weighted by atomic mass is 19.1. The molecule has 1 atom stereocenters. The third-order valence-corrected chi connectivity index (χ3v) is 6.92. The number of likely N-dealkylation sites (tertiary alicyclic amines) is 1. The Labute approximate surface area is 190 Å². The van der Waals surface area contributed by atoms with Crippen LogP contribution in [0.5, 0.6) is 11.5 Å². The number of nitrogens with zero attached hydrogens (tertiary/aromatic N) is 4. The number of hydrogen-bond acceptors (Lipinski definition) is 7. The molecule has 8 nitrogen and oxygen atoms in total. The van der Waals surface area contributed by atoms with E-state index in [9.17, 15) is 9.18 Å². The van der Waals surface area contributed by atoms with Gasteiger partial charge in [0.25, 0.3) is 5.56 Å². The molecular formula is C24H26FN5O3. The molecule has 1 fully saturated rings. The van der Waals surface area contributed by atoms with Crippen LogP contribution in [0.15, 0.2) is 35.4 Å². The van der Waals surface area contributed by atoms with Gasteiger partial charge in [-0.2, -0.15) is 0 Å². The van der Waals surface area contributed by atoms with Gasteiger partial charge in [0, 0.05) is 30.8 Å². The Balaban J connectivity index is 1.06. The first-order chi connectivity index (χ1) is 16.2. The van der Waals surface area contributed by atoms with Crippen LogP contribution in [0.3, 0.4) is 0 Å². The monoisotopic (exact) mass is 451 g/mol. The van der Waals surface area contributed by atoms with Crippen LogP contribution in [0.1, 0.15) is 30.1 Å². The Morgan fingerprint density at radius 2 is 1.91 bits per heavy atom. The van der Waals surface area contributed by atoms with Crippen molar-refractivity contribution in [1.82, 2.24) is 24.8 Å². The third-order valence-electron chi connectivity index (χ3n) is 6.92. The molecule has 3 aromatic rings. The Morgan fingerprint density at radius 3 is 2.76 bits per heavy atom. The zero-order valence-electron chi connectivity index (χ0n) is 18.3. The summed E-state index contributed by atoms with van der Waals surface area (Å²) < 4.78 is 27.3. The first kappa shape index (κ1) is 20.6. The number of aromatic nitrogens is 3. The Hall–Kier alpha value is -3.04. The number of fused-ring (bicyclic) bond motifs is 1. The minimum absolute atomic E-state index is 0.0543. The average molecular weight is 452 g/mol. The fourth-order valence-corrected chi connectivity index (χ4v) is 5.25. The molecule has 3 aliphatic rings. The van der Waals surface area contributed by atoms with Crippen molar-refractivity contribution < 1.29 is 13.9 Å². The maximum Gasteiger partial charge on any atom is 0.269 e. The molecular weight excluding hydrogens is 425 g/mol. The summed E-state index contributed by atoms with van der Waals surface area (Å²) in [6.07, 6.45) is 5.65. The first-order valence-corrected chi connectivity index (χ1v) is 11.5. The van der Waals surface area contributed by atoms with Crippen molar-refractivity contribution in [2.75, 3.05) is 32.8 Å². The molecule has 0 radical (unpaired) electrons. The van der Waals surface area contributed by atoms with Crippen LogP contribution in [0.2, 0.25) is 0 Å². The molecule has 1 saturated heterocycles. The lowest BCUT2D eigenvalue weighted by atomic mass is 10.0. The highest BCUT2D eigenvalue weighted by Gasteiger charge is 2.30. The van der Waals surface area contributed by atoms with Gasteiger partial charge in [-0.3, -0.25) is 9.78 Å². The second-order valence-electron chi connectivity index (χ2n) is 8.99. The number of piperidine rings is 1. The van der Waals surface area contributed by atoms with E-state index < -0.39 is 0 Å². The van der Waals surface area contributed by atoms with Gasteiger partial charge >= 0.3 is 0 Å². The number of pyridine rings is 1. The van der Waals surface area contributed by atoms with E-state index in [1.807, 2.05) is 6.07 Å². The fourth-order valence-electron chi connectivity index (χ4n) is 5.25. The van der Waals surface area contributed by atoms with Crippen LogP contribution in [0.25, 0.3) is 11.0 Å². The van der Waals surface area contributed by atoms with Gasteiger partial charge < -0.3 is 24.3 Å². The minimum atomic E-state index is -0.248.